The molecular weight excluding hydrogens is 336 g/mol. The Morgan fingerprint density at radius 2 is 1.41 bits per heavy atom. The molecule has 4 nitrogen and oxygen atoms in total. The third kappa shape index (κ3) is 4.01. The Morgan fingerprint density at radius 3 is 1.93 bits per heavy atom. The predicted molar refractivity (Wildman–Crippen MR) is 107 cm³/mol. The van der Waals surface area contributed by atoms with Gasteiger partial charge in [-0.1, -0.05) is 60.7 Å². The average Bonchev–Trinajstić information content (AvgIpc) is 2.69. The number of likely N-dealkylation sites (tertiary alicyclic amines) is 1. The summed E-state index contributed by atoms with van der Waals surface area (Å²) in [7, 11) is 0. The first-order chi connectivity index (χ1) is 13.3. The highest BCUT2D eigenvalue weighted by Crippen LogP contribution is 2.33. The first kappa shape index (κ1) is 17.3. The Kier molecular flexibility index (Phi) is 5.17. The Morgan fingerprint density at radius 1 is 0.852 bits per heavy atom. The zero-order valence-electron chi connectivity index (χ0n) is 15.0. The predicted octanol–water partition coefficient (Wildman–Crippen LogP) is 4.11. The fourth-order valence-corrected chi connectivity index (χ4v) is 3.53. The molecule has 1 N–H and O–H groups in total. The van der Waals surface area contributed by atoms with Crippen molar-refractivity contribution in [1.29, 1.82) is 0 Å². The quantitative estimate of drug-likeness (QED) is 0.646. The van der Waals surface area contributed by atoms with Gasteiger partial charge >= 0.3 is 0 Å². The lowest BCUT2D eigenvalue weighted by Gasteiger charge is -2.44. The Bertz CT molecular complexity index is 820. The molecule has 1 heterocycles. The van der Waals surface area contributed by atoms with Crippen molar-refractivity contribution in [1.82, 2.24) is 4.90 Å². The number of rotatable bonds is 7. The molecule has 0 unspecified atom stereocenters. The fourth-order valence-electron chi connectivity index (χ4n) is 3.53. The highest BCUT2D eigenvalue weighted by Gasteiger charge is 2.35. The Balaban J connectivity index is 1.43. The second-order valence-electron chi connectivity index (χ2n) is 6.70. The third-order valence-corrected chi connectivity index (χ3v) is 4.85. The van der Waals surface area contributed by atoms with Crippen LogP contribution in [-0.4, -0.2) is 30.5 Å². The molecule has 4 rings (SSSR count). The lowest BCUT2D eigenvalue weighted by molar-refractivity contribution is -0.105. The minimum atomic E-state index is 0.171. The van der Waals surface area contributed by atoms with Crippen LogP contribution in [0.15, 0.2) is 84.9 Å². The van der Waals surface area contributed by atoms with Crippen molar-refractivity contribution in [2.45, 2.75) is 12.1 Å². The van der Waals surface area contributed by atoms with E-state index in [9.17, 15) is 4.79 Å². The maximum atomic E-state index is 10.5. The molecule has 1 saturated heterocycles. The summed E-state index contributed by atoms with van der Waals surface area (Å²) < 4.78 is 6.08. The summed E-state index contributed by atoms with van der Waals surface area (Å²) in [5.74, 6) is 0.826. The largest absolute Gasteiger partial charge is 0.488 e. The van der Waals surface area contributed by atoms with Crippen molar-refractivity contribution in [3.05, 3.63) is 96.1 Å². The number of nitrogens with zero attached hydrogens (tertiary/aromatic N) is 1. The molecule has 0 bridgehead atoms. The van der Waals surface area contributed by atoms with Crippen LogP contribution in [0.3, 0.4) is 0 Å². The summed E-state index contributed by atoms with van der Waals surface area (Å²) in [6, 6.07) is 28.9. The lowest BCUT2D eigenvalue weighted by Crippen LogP contribution is -2.55. The van der Waals surface area contributed by atoms with Gasteiger partial charge in [0.1, 0.15) is 11.9 Å². The maximum Gasteiger partial charge on any atom is 0.211 e. The van der Waals surface area contributed by atoms with E-state index in [0.717, 1.165) is 24.5 Å². The summed E-state index contributed by atoms with van der Waals surface area (Å²) in [6.07, 6.45) is 0.845. The Hall–Kier alpha value is -3.11. The molecule has 0 aliphatic carbocycles. The van der Waals surface area contributed by atoms with Crippen LogP contribution in [0.5, 0.6) is 5.75 Å². The van der Waals surface area contributed by atoms with Gasteiger partial charge in [-0.25, -0.2) is 0 Å². The summed E-state index contributed by atoms with van der Waals surface area (Å²) in [5, 5.41) is 2.63. The van der Waals surface area contributed by atoms with Crippen molar-refractivity contribution in [2.75, 3.05) is 18.4 Å². The van der Waals surface area contributed by atoms with Gasteiger partial charge in [0, 0.05) is 18.8 Å². The number of nitrogens with one attached hydrogen (secondary N) is 1. The zero-order valence-corrected chi connectivity index (χ0v) is 15.0. The molecular formula is C23H22N2O2. The number of carbonyl (C=O) groups excluding carboxylic acids is 1. The molecule has 1 fully saturated rings. The fraction of sp³-hybridized carbons (Fsp3) is 0.174. The van der Waals surface area contributed by atoms with Crippen LogP contribution in [0.1, 0.15) is 17.2 Å². The molecule has 1 amide bonds. The Labute approximate surface area is 159 Å². The molecule has 3 aromatic carbocycles. The van der Waals surface area contributed by atoms with Gasteiger partial charge in [-0.15, -0.1) is 0 Å². The number of amides is 1. The molecule has 3 aromatic rings. The second-order valence-corrected chi connectivity index (χ2v) is 6.70. The van der Waals surface area contributed by atoms with Crippen LogP contribution in [0.2, 0.25) is 0 Å². The van der Waals surface area contributed by atoms with Gasteiger partial charge in [0.25, 0.3) is 0 Å². The van der Waals surface area contributed by atoms with E-state index in [2.05, 4.69) is 70.9 Å². The standard InChI is InChI=1S/C23H22N2O2/c26-17-24-20-11-13-21(14-12-20)27-22-15-25(16-22)23(18-7-3-1-4-8-18)19-9-5-2-6-10-19/h1-14,17,22-23H,15-16H2,(H,24,26). The second kappa shape index (κ2) is 8.06. The maximum absolute atomic E-state index is 10.5. The van der Waals surface area contributed by atoms with E-state index in [1.54, 1.807) is 0 Å². The molecule has 1 aliphatic rings. The molecule has 0 saturated carbocycles. The van der Waals surface area contributed by atoms with Gasteiger partial charge in [0.15, 0.2) is 0 Å². The summed E-state index contributed by atoms with van der Waals surface area (Å²) in [4.78, 5) is 12.9. The van der Waals surface area contributed by atoms with E-state index in [-0.39, 0.29) is 12.1 Å². The van der Waals surface area contributed by atoms with Crippen molar-refractivity contribution in [2.24, 2.45) is 0 Å². The van der Waals surface area contributed by atoms with Gasteiger partial charge < -0.3 is 10.1 Å². The molecule has 0 spiro atoms. The topological polar surface area (TPSA) is 41.6 Å². The number of hydrogen-bond acceptors (Lipinski definition) is 3. The average molecular weight is 358 g/mol. The normalized spacial score (nSPS) is 14.6. The van der Waals surface area contributed by atoms with Crippen molar-refractivity contribution in [3.8, 4) is 5.75 Å². The van der Waals surface area contributed by atoms with E-state index in [0.29, 0.717) is 6.41 Å². The highest BCUT2D eigenvalue weighted by molar-refractivity contribution is 5.71. The SMILES string of the molecule is O=CNc1ccc(OC2CN(C(c3ccccc3)c3ccccc3)C2)cc1. The van der Waals surface area contributed by atoms with Crippen LogP contribution in [0.25, 0.3) is 0 Å². The molecule has 1 aliphatic heterocycles. The van der Waals surface area contributed by atoms with E-state index in [1.165, 1.54) is 11.1 Å². The number of ether oxygens (including phenoxy) is 1. The number of carbonyl (C=O) groups is 1. The number of hydrogen-bond donors (Lipinski definition) is 1. The van der Waals surface area contributed by atoms with Crippen LogP contribution in [0.4, 0.5) is 5.69 Å². The monoisotopic (exact) mass is 358 g/mol. The minimum absolute atomic E-state index is 0.171. The summed E-state index contributed by atoms with van der Waals surface area (Å²) in [5.41, 5.74) is 3.36. The molecule has 136 valence electrons. The van der Waals surface area contributed by atoms with Crippen molar-refractivity contribution in [3.63, 3.8) is 0 Å². The van der Waals surface area contributed by atoms with E-state index in [4.69, 9.17) is 4.74 Å². The van der Waals surface area contributed by atoms with E-state index >= 15 is 0 Å². The van der Waals surface area contributed by atoms with Gasteiger partial charge in [-0.3, -0.25) is 9.69 Å². The van der Waals surface area contributed by atoms with Crippen LogP contribution in [-0.2, 0) is 4.79 Å². The number of anilines is 1. The van der Waals surface area contributed by atoms with Gasteiger partial charge in [-0.2, -0.15) is 0 Å². The summed E-state index contributed by atoms with van der Waals surface area (Å²) >= 11 is 0. The lowest BCUT2D eigenvalue weighted by atomic mass is 9.94. The van der Waals surface area contributed by atoms with Crippen molar-refractivity contribution >= 4 is 12.1 Å². The number of benzene rings is 3. The van der Waals surface area contributed by atoms with E-state index < -0.39 is 0 Å². The van der Waals surface area contributed by atoms with Crippen LogP contribution >= 0.6 is 0 Å². The van der Waals surface area contributed by atoms with Crippen LogP contribution < -0.4 is 10.1 Å². The molecule has 27 heavy (non-hydrogen) atoms. The molecule has 0 radical (unpaired) electrons. The first-order valence-corrected chi connectivity index (χ1v) is 9.14. The molecule has 4 heteroatoms. The molecule has 0 aromatic heterocycles. The third-order valence-electron chi connectivity index (χ3n) is 4.85. The minimum Gasteiger partial charge on any atom is -0.488 e. The zero-order chi connectivity index (χ0) is 18.5. The van der Waals surface area contributed by atoms with Gasteiger partial charge in [0.05, 0.1) is 6.04 Å². The first-order valence-electron chi connectivity index (χ1n) is 9.14. The molecule has 0 atom stereocenters. The van der Waals surface area contributed by atoms with Crippen LogP contribution in [0, 0.1) is 0 Å². The highest BCUT2D eigenvalue weighted by atomic mass is 16.5. The van der Waals surface area contributed by atoms with Gasteiger partial charge in [-0.05, 0) is 35.4 Å². The summed E-state index contributed by atoms with van der Waals surface area (Å²) in [6.45, 7) is 1.76. The van der Waals surface area contributed by atoms with Gasteiger partial charge in [0.2, 0.25) is 6.41 Å². The van der Waals surface area contributed by atoms with E-state index in [1.807, 2.05) is 24.3 Å². The smallest absolute Gasteiger partial charge is 0.211 e. The van der Waals surface area contributed by atoms with Crippen molar-refractivity contribution < 1.29 is 9.53 Å².